The van der Waals surface area contributed by atoms with Crippen LogP contribution in [0.3, 0.4) is 0 Å². The second kappa shape index (κ2) is 11.1. The number of nitrogens with zero attached hydrogens (tertiary/aromatic N) is 4. The van der Waals surface area contributed by atoms with Crippen LogP contribution < -0.4 is 14.8 Å². The van der Waals surface area contributed by atoms with Gasteiger partial charge in [-0.3, -0.25) is 0 Å². The second-order valence-corrected chi connectivity index (χ2v) is 7.82. The number of rotatable bonds is 11. The molecule has 1 N–H and O–H groups in total. The van der Waals surface area contributed by atoms with E-state index < -0.39 is 0 Å². The summed E-state index contributed by atoms with van der Waals surface area (Å²) in [6.07, 6.45) is 0. The fraction of sp³-hybridized carbons (Fsp3) is 0.350. The number of tetrazole rings is 1. The van der Waals surface area contributed by atoms with Crippen LogP contribution >= 0.6 is 23.4 Å². The summed E-state index contributed by atoms with van der Waals surface area (Å²) in [6, 6.07) is 9.83. The van der Waals surface area contributed by atoms with Crippen LogP contribution in [0.25, 0.3) is 0 Å². The van der Waals surface area contributed by atoms with Crippen LogP contribution in [-0.2, 0) is 20.2 Å². The Bertz CT molecular complexity index is 955. The van der Waals surface area contributed by atoms with E-state index in [0.717, 1.165) is 28.6 Å². The van der Waals surface area contributed by atoms with E-state index in [0.29, 0.717) is 36.3 Å². The average Bonchev–Trinajstić information content (AvgIpc) is 3.14. The van der Waals surface area contributed by atoms with Gasteiger partial charge in [-0.1, -0.05) is 35.5 Å². The standard InChI is InChI=1S/C20H23ClFN5O2S/c1-3-28-18-10-15(12-23-8-9-30-20-24-25-26-27(20)2)17(21)11-19(18)29-13-14-4-6-16(22)7-5-14/h4-7,10-11,23H,3,8-9,12-13H2,1-2H3. The van der Waals surface area contributed by atoms with E-state index in [1.165, 1.54) is 12.1 Å². The summed E-state index contributed by atoms with van der Waals surface area (Å²) in [5, 5.41) is 16.1. The van der Waals surface area contributed by atoms with Crippen molar-refractivity contribution in [3.05, 3.63) is 58.4 Å². The summed E-state index contributed by atoms with van der Waals surface area (Å²) in [7, 11) is 1.81. The van der Waals surface area contributed by atoms with E-state index in [2.05, 4.69) is 20.8 Å². The van der Waals surface area contributed by atoms with Gasteiger partial charge in [0.1, 0.15) is 12.4 Å². The molecular weight excluding hydrogens is 429 g/mol. The minimum atomic E-state index is -0.277. The van der Waals surface area contributed by atoms with Crippen LogP contribution in [0.1, 0.15) is 18.1 Å². The summed E-state index contributed by atoms with van der Waals surface area (Å²) in [4.78, 5) is 0. The van der Waals surface area contributed by atoms with Crippen molar-refractivity contribution in [2.24, 2.45) is 7.05 Å². The number of thioether (sulfide) groups is 1. The minimum Gasteiger partial charge on any atom is -0.490 e. The molecule has 0 amide bonds. The number of nitrogens with one attached hydrogen (secondary N) is 1. The highest BCUT2D eigenvalue weighted by molar-refractivity contribution is 7.99. The molecular formula is C20H23ClFN5O2S. The van der Waals surface area contributed by atoms with Gasteiger partial charge in [0, 0.05) is 37.0 Å². The number of halogens is 2. The number of benzene rings is 2. The average molecular weight is 452 g/mol. The number of hydrogen-bond donors (Lipinski definition) is 1. The van der Waals surface area contributed by atoms with E-state index in [1.807, 2.05) is 20.0 Å². The van der Waals surface area contributed by atoms with Gasteiger partial charge in [0.15, 0.2) is 11.5 Å². The lowest BCUT2D eigenvalue weighted by Crippen LogP contribution is -2.17. The quantitative estimate of drug-likeness (QED) is 0.350. The maximum absolute atomic E-state index is 13.1. The molecule has 0 saturated carbocycles. The molecule has 0 saturated heterocycles. The SMILES string of the molecule is CCOc1cc(CNCCSc2nnnn2C)c(Cl)cc1OCc1ccc(F)cc1. The molecule has 3 rings (SSSR count). The third-order valence-electron chi connectivity index (χ3n) is 4.13. The van der Waals surface area contributed by atoms with E-state index in [-0.39, 0.29) is 5.82 Å². The summed E-state index contributed by atoms with van der Waals surface area (Å²) in [5.41, 5.74) is 1.77. The summed E-state index contributed by atoms with van der Waals surface area (Å²) in [6.45, 7) is 4.07. The highest BCUT2D eigenvalue weighted by atomic mass is 35.5. The van der Waals surface area contributed by atoms with Crippen LogP contribution in [0.2, 0.25) is 5.02 Å². The van der Waals surface area contributed by atoms with Crippen molar-refractivity contribution in [2.75, 3.05) is 18.9 Å². The first kappa shape index (κ1) is 22.3. The van der Waals surface area contributed by atoms with Gasteiger partial charge in [0.25, 0.3) is 0 Å². The third kappa shape index (κ3) is 6.32. The number of ether oxygens (including phenoxy) is 2. The maximum Gasteiger partial charge on any atom is 0.209 e. The molecule has 30 heavy (non-hydrogen) atoms. The summed E-state index contributed by atoms with van der Waals surface area (Å²) >= 11 is 8.03. The number of aromatic nitrogens is 4. The fourth-order valence-corrected chi connectivity index (χ4v) is 3.58. The Kier molecular flexibility index (Phi) is 8.30. The first-order chi connectivity index (χ1) is 14.6. The molecule has 0 atom stereocenters. The van der Waals surface area contributed by atoms with Crippen LogP contribution in [0.4, 0.5) is 4.39 Å². The topological polar surface area (TPSA) is 74.1 Å². The molecule has 3 aromatic rings. The highest BCUT2D eigenvalue weighted by Crippen LogP contribution is 2.34. The monoisotopic (exact) mass is 451 g/mol. The van der Waals surface area contributed by atoms with Crippen molar-refractivity contribution in [3.8, 4) is 11.5 Å². The molecule has 0 unspecified atom stereocenters. The normalized spacial score (nSPS) is 10.9. The van der Waals surface area contributed by atoms with E-state index in [1.54, 1.807) is 34.6 Å². The summed E-state index contributed by atoms with van der Waals surface area (Å²) < 4.78 is 26.3. The van der Waals surface area contributed by atoms with Gasteiger partial charge in [-0.05, 0) is 46.7 Å². The fourth-order valence-electron chi connectivity index (χ4n) is 2.62. The molecule has 0 fully saturated rings. The molecule has 160 valence electrons. The Morgan fingerprint density at radius 1 is 1.17 bits per heavy atom. The van der Waals surface area contributed by atoms with Gasteiger partial charge in [0.2, 0.25) is 5.16 Å². The van der Waals surface area contributed by atoms with Crippen LogP contribution in [-0.4, -0.2) is 39.1 Å². The molecule has 0 spiro atoms. The maximum atomic E-state index is 13.1. The largest absolute Gasteiger partial charge is 0.490 e. The van der Waals surface area contributed by atoms with Crippen LogP contribution in [0, 0.1) is 5.82 Å². The first-order valence-electron chi connectivity index (χ1n) is 9.45. The molecule has 10 heteroatoms. The lowest BCUT2D eigenvalue weighted by molar-refractivity contribution is 0.269. The lowest BCUT2D eigenvalue weighted by Gasteiger charge is -2.15. The predicted octanol–water partition coefficient (Wildman–Crippen LogP) is 3.86. The molecule has 0 aliphatic rings. The van der Waals surface area contributed by atoms with Crippen molar-refractivity contribution in [1.82, 2.24) is 25.5 Å². The zero-order valence-corrected chi connectivity index (χ0v) is 18.3. The molecule has 0 radical (unpaired) electrons. The first-order valence-corrected chi connectivity index (χ1v) is 10.8. The zero-order chi connectivity index (χ0) is 21.3. The van der Waals surface area contributed by atoms with Crippen molar-refractivity contribution in [3.63, 3.8) is 0 Å². The molecule has 1 aromatic heterocycles. The van der Waals surface area contributed by atoms with Crippen molar-refractivity contribution in [1.29, 1.82) is 0 Å². The van der Waals surface area contributed by atoms with E-state index in [4.69, 9.17) is 21.1 Å². The summed E-state index contributed by atoms with van der Waals surface area (Å²) in [5.74, 6) is 1.73. The molecule has 7 nitrogen and oxygen atoms in total. The highest BCUT2D eigenvalue weighted by Gasteiger charge is 2.12. The predicted molar refractivity (Wildman–Crippen MR) is 115 cm³/mol. The second-order valence-electron chi connectivity index (χ2n) is 6.35. The lowest BCUT2D eigenvalue weighted by atomic mass is 10.2. The third-order valence-corrected chi connectivity index (χ3v) is 5.49. The van der Waals surface area contributed by atoms with E-state index >= 15 is 0 Å². The van der Waals surface area contributed by atoms with E-state index in [9.17, 15) is 4.39 Å². The van der Waals surface area contributed by atoms with Crippen molar-refractivity contribution in [2.45, 2.75) is 25.2 Å². The minimum absolute atomic E-state index is 0.277. The number of hydrogen-bond acceptors (Lipinski definition) is 7. The van der Waals surface area contributed by atoms with Crippen LogP contribution in [0.5, 0.6) is 11.5 Å². The zero-order valence-electron chi connectivity index (χ0n) is 16.8. The van der Waals surface area contributed by atoms with Crippen molar-refractivity contribution >= 4 is 23.4 Å². The molecule has 0 aliphatic carbocycles. The van der Waals surface area contributed by atoms with Crippen LogP contribution in [0.15, 0.2) is 41.6 Å². The van der Waals surface area contributed by atoms with Gasteiger partial charge in [-0.15, -0.1) is 5.10 Å². The van der Waals surface area contributed by atoms with Gasteiger partial charge in [0.05, 0.1) is 6.61 Å². The Morgan fingerprint density at radius 2 is 1.93 bits per heavy atom. The molecule has 1 heterocycles. The Balaban J connectivity index is 1.56. The molecule has 2 aromatic carbocycles. The Hall–Kier alpha value is -2.36. The van der Waals surface area contributed by atoms with Gasteiger partial charge in [-0.25, -0.2) is 9.07 Å². The smallest absolute Gasteiger partial charge is 0.209 e. The van der Waals surface area contributed by atoms with Gasteiger partial charge in [-0.2, -0.15) is 0 Å². The van der Waals surface area contributed by atoms with Gasteiger partial charge < -0.3 is 14.8 Å². The van der Waals surface area contributed by atoms with Crippen molar-refractivity contribution < 1.29 is 13.9 Å². The Labute approximate surface area is 183 Å². The molecule has 0 aliphatic heterocycles. The Morgan fingerprint density at radius 3 is 2.63 bits per heavy atom. The number of aryl methyl sites for hydroxylation is 1. The van der Waals surface area contributed by atoms with Gasteiger partial charge >= 0.3 is 0 Å². The molecule has 0 bridgehead atoms.